The second-order valence-electron chi connectivity index (χ2n) is 14.3. The Kier molecular flexibility index (Phi) is 13.1. The number of fused-ring (bicyclic) bond motifs is 6. The Hall–Kier alpha value is -6.01. The summed E-state index contributed by atoms with van der Waals surface area (Å²) >= 11 is 9.63. The summed E-state index contributed by atoms with van der Waals surface area (Å²) in [5, 5.41) is 29.1. The zero-order valence-electron chi connectivity index (χ0n) is 31.9. The number of halogens is 2. The summed E-state index contributed by atoms with van der Waals surface area (Å²) in [6, 6.07) is 70.9. The van der Waals surface area contributed by atoms with E-state index in [9.17, 15) is 0 Å². The molecule has 0 heterocycles. The lowest BCUT2D eigenvalue weighted by Crippen LogP contribution is -2.29. The first-order valence-corrected chi connectivity index (χ1v) is 20.4. The van der Waals surface area contributed by atoms with Gasteiger partial charge in [-0.05, 0) is 113 Å². The van der Waals surface area contributed by atoms with E-state index in [0.29, 0.717) is 5.46 Å². The van der Waals surface area contributed by atoms with Gasteiger partial charge >= 0.3 is 7.12 Å². The van der Waals surface area contributed by atoms with E-state index in [0.717, 1.165) is 20.6 Å². The van der Waals surface area contributed by atoms with Crippen LogP contribution in [0.4, 0.5) is 0 Å². The van der Waals surface area contributed by atoms with Gasteiger partial charge in [-0.15, -0.1) is 0 Å². The molecular weight excluding hydrogens is 807 g/mol. The normalized spacial score (nSPS) is 10.7. The molecule has 10 aromatic rings. The number of hydrogen-bond acceptors (Lipinski definition) is 2. The third kappa shape index (κ3) is 9.33. The predicted molar refractivity (Wildman–Crippen MR) is 260 cm³/mol. The summed E-state index contributed by atoms with van der Waals surface area (Å²) in [6.45, 7) is 2.05. The van der Waals surface area contributed by atoms with Crippen molar-refractivity contribution in [1.82, 2.24) is 0 Å². The van der Waals surface area contributed by atoms with Crippen LogP contribution in [0.5, 0.6) is 0 Å². The highest BCUT2D eigenvalue weighted by Gasteiger charge is 2.11. The van der Waals surface area contributed by atoms with Crippen LogP contribution in [0.25, 0.3) is 76.5 Å². The van der Waals surface area contributed by atoms with E-state index >= 15 is 0 Å². The van der Waals surface area contributed by atoms with E-state index in [4.69, 9.17) is 21.6 Å². The Balaban J connectivity index is 0.000000142. The summed E-state index contributed by atoms with van der Waals surface area (Å²) in [5.74, 6) is 0. The SMILES string of the molecule is Brc1cc2ccccc2c2ccccc12.C.Cc1ccc(-c2ccc(B(O)O)cc2)cc1.Clc1ccc(-c2ccc(-c3cc4ccccc4c4ccccc34)cc2)cc1. The number of benzene rings is 10. The number of aryl methyl sites for hydroxylation is 1. The van der Waals surface area contributed by atoms with Gasteiger partial charge in [-0.1, -0.05) is 223 Å². The highest BCUT2D eigenvalue weighted by Crippen LogP contribution is 2.36. The van der Waals surface area contributed by atoms with Gasteiger partial charge in [0.1, 0.15) is 0 Å². The van der Waals surface area contributed by atoms with Gasteiger partial charge in [0, 0.05) is 9.50 Å². The first kappa shape index (κ1) is 41.2. The van der Waals surface area contributed by atoms with Crippen LogP contribution >= 0.6 is 27.5 Å². The molecule has 0 radical (unpaired) electrons. The summed E-state index contributed by atoms with van der Waals surface area (Å²) in [7, 11) is -1.40. The van der Waals surface area contributed by atoms with Crippen molar-refractivity contribution >= 4 is 83.2 Å². The molecule has 10 aromatic carbocycles. The highest BCUT2D eigenvalue weighted by molar-refractivity contribution is 9.10. The van der Waals surface area contributed by atoms with Crippen LogP contribution in [-0.2, 0) is 0 Å². The van der Waals surface area contributed by atoms with Crippen LogP contribution in [0, 0.1) is 6.92 Å². The maximum Gasteiger partial charge on any atom is 0.488 e. The molecule has 0 aliphatic heterocycles. The molecule has 0 saturated heterocycles. The number of rotatable bonds is 4. The third-order valence-electron chi connectivity index (χ3n) is 10.5. The largest absolute Gasteiger partial charge is 0.488 e. The monoisotopic (exact) mass is 848 g/mol. The molecule has 0 aromatic heterocycles. The van der Waals surface area contributed by atoms with Crippen molar-refractivity contribution in [3.8, 4) is 33.4 Å². The molecular formula is C54H43BBrClO2. The summed E-state index contributed by atoms with van der Waals surface area (Å²) < 4.78 is 1.16. The molecule has 5 heteroatoms. The van der Waals surface area contributed by atoms with Crippen molar-refractivity contribution in [2.75, 3.05) is 0 Å². The highest BCUT2D eigenvalue weighted by atomic mass is 79.9. The van der Waals surface area contributed by atoms with Gasteiger partial charge in [-0.2, -0.15) is 0 Å². The molecule has 10 rings (SSSR count). The lowest BCUT2D eigenvalue weighted by Gasteiger charge is -2.12. The maximum absolute atomic E-state index is 8.98. The molecule has 0 unspecified atom stereocenters. The average Bonchev–Trinajstić information content (AvgIpc) is 3.27. The zero-order valence-corrected chi connectivity index (χ0v) is 34.2. The fourth-order valence-corrected chi connectivity index (χ4v) is 8.10. The molecule has 0 amide bonds. The van der Waals surface area contributed by atoms with Gasteiger partial charge in [0.15, 0.2) is 0 Å². The molecule has 59 heavy (non-hydrogen) atoms. The minimum Gasteiger partial charge on any atom is -0.423 e. The Bertz CT molecular complexity index is 2980. The van der Waals surface area contributed by atoms with Gasteiger partial charge in [-0.3, -0.25) is 0 Å². The van der Waals surface area contributed by atoms with Crippen molar-refractivity contribution in [2.24, 2.45) is 0 Å². The first-order valence-electron chi connectivity index (χ1n) is 19.2. The fraction of sp³-hybridized carbons (Fsp3) is 0.0370. The minimum absolute atomic E-state index is 0. The Morgan fingerprint density at radius 2 is 0.780 bits per heavy atom. The average molecular weight is 850 g/mol. The van der Waals surface area contributed by atoms with Gasteiger partial charge in [-0.25, -0.2) is 0 Å². The van der Waals surface area contributed by atoms with Crippen LogP contribution in [0.15, 0.2) is 211 Å². The summed E-state index contributed by atoms with van der Waals surface area (Å²) in [5.41, 5.74) is 8.81. The predicted octanol–water partition coefficient (Wildman–Crippen LogP) is 14.7. The maximum atomic E-state index is 8.98. The Morgan fingerprint density at radius 3 is 1.31 bits per heavy atom. The lowest BCUT2D eigenvalue weighted by molar-refractivity contribution is 0.426. The standard InChI is InChI=1S/C26H17Cl.C14H9Br.C13H13BO2.CH4/c27-22-15-13-19(14-16-22)18-9-11-20(12-10-18)26-17-21-5-1-2-6-23(21)24-7-3-4-8-25(24)26;15-14-9-10-5-1-2-6-11(10)12-7-3-4-8-13(12)14;1-10-2-4-11(5-3-10)12-6-8-13(9-7-12)14(15)16;/h1-17H;1-9H;2-9,15-16H,1H3;1H4. The molecule has 0 bridgehead atoms. The van der Waals surface area contributed by atoms with E-state index in [1.807, 2.05) is 24.3 Å². The van der Waals surface area contributed by atoms with Crippen molar-refractivity contribution in [3.05, 3.63) is 221 Å². The van der Waals surface area contributed by atoms with E-state index in [1.54, 1.807) is 12.1 Å². The van der Waals surface area contributed by atoms with E-state index in [-0.39, 0.29) is 7.43 Å². The summed E-state index contributed by atoms with van der Waals surface area (Å²) in [6.07, 6.45) is 0. The topological polar surface area (TPSA) is 40.5 Å². The Labute approximate surface area is 360 Å². The smallest absolute Gasteiger partial charge is 0.423 e. The molecule has 0 spiro atoms. The molecule has 0 fully saturated rings. The molecule has 0 aliphatic rings. The van der Waals surface area contributed by atoms with Crippen molar-refractivity contribution in [2.45, 2.75) is 14.4 Å². The lowest BCUT2D eigenvalue weighted by atomic mass is 9.80. The number of hydrogen-bond donors (Lipinski definition) is 2. The molecule has 2 nitrogen and oxygen atoms in total. The van der Waals surface area contributed by atoms with Crippen LogP contribution in [-0.4, -0.2) is 17.2 Å². The zero-order chi connectivity index (χ0) is 40.0. The minimum atomic E-state index is -1.40. The van der Waals surface area contributed by atoms with Crippen LogP contribution in [0.1, 0.15) is 13.0 Å². The van der Waals surface area contributed by atoms with Crippen molar-refractivity contribution in [1.29, 1.82) is 0 Å². The van der Waals surface area contributed by atoms with Gasteiger partial charge in [0.2, 0.25) is 0 Å². The second kappa shape index (κ2) is 18.7. The molecule has 0 saturated carbocycles. The van der Waals surface area contributed by atoms with Gasteiger partial charge in [0.25, 0.3) is 0 Å². The van der Waals surface area contributed by atoms with Gasteiger partial charge in [0.05, 0.1) is 0 Å². The van der Waals surface area contributed by atoms with E-state index in [1.165, 1.54) is 70.9 Å². The van der Waals surface area contributed by atoms with E-state index in [2.05, 4.69) is 193 Å². The fourth-order valence-electron chi connectivity index (χ4n) is 7.38. The van der Waals surface area contributed by atoms with Crippen molar-refractivity contribution < 1.29 is 10.0 Å². The quantitative estimate of drug-likeness (QED) is 0.137. The molecule has 288 valence electrons. The first-order chi connectivity index (χ1) is 28.3. The second-order valence-corrected chi connectivity index (χ2v) is 15.6. The van der Waals surface area contributed by atoms with Crippen LogP contribution < -0.4 is 5.46 Å². The van der Waals surface area contributed by atoms with Crippen LogP contribution in [0.2, 0.25) is 5.02 Å². The molecule has 2 N–H and O–H groups in total. The van der Waals surface area contributed by atoms with E-state index < -0.39 is 7.12 Å². The Morgan fingerprint density at radius 1 is 0.407 bits per heavy atom. The molecule has 0 aliphatic carbocycles. The summed E-state index contributed by atoms with van der Waals surface area (Å²) in [4.78, 5) is 0. The third-order valence-corrected chi connectivity index (χ3v) is 11.4. The van der Waals surface area contributed by atoms with Crippen LogP contribution in [0.3, 0.4) is 0 Å². The van der Waals surface area contributed by atoms with Gasteiger partial charge < -0.3 is 10.0 Å². The van der Waals surface area contributed by atoms with Crippen molar-refractivity contribution in [3.63, 3.8) is 0 Å². The molecule has 0 atom stereocenters.